The molecule has 24 heavy (non-hydrogen) atoms. The number of carbonyl (C=O) groups excluding carboxylic acids is 1. The second-order valence-electron chi connectivity index (χ2n) is 6.53. The number of hydrogen-bond donors (Lipinski definition) is 1. The summed E-state index contributed by atoms with van der Waals surface area (Å²) >= 11 is 0. The van der Waals surface area contributed by atoms with Crippen LogP contribution in [0.1, 0.15) is 58.7 Å². The van der Waals surface area contributed by atoms with Gasteiger partial charge in [0.05, 0.1) is 11.7 Å². The SMILES string of the molecule is CCc1[nH]c(=O)c(C(=O)N2CCCC2c2cn(C)nc2C)cc1C. The van der Waals surface area contributed by atoms with Crippen LogP contribution in [0.2, 0.25) is 0 Å². The Labute approximate surface area is 141 Å². The number of aryl methyl sites for hydroxylation is 4. The van der Waals surface area contributed by atoms with Gasteiger partial charge in [-0.25, -0.2) is 0 Å². The Morgan fingerprint density at radius 1 is 1.42 bits per heavy atom. The summed E-state index contributed by atoms with van der Waals surface area (Å²) in [5.74, 6) is -0.187. The number of rotatable bonds is 3. The van der Waals surface area contributed by atoms with E-state index in [4.69, 9.17) is 0 Å². The lowest BCUT2D eigenvalue weighted by Crippen LogP contribution is -2.35. The minimum absolute atomic E-state index is 0.00300. The Morgan fingerprint density at radius 3 is 2.79 bits per heavy atom. The van der Waals surface area contributed by atoms with E-state index < -0.39 is 0 Å². The number of nitrogens with zero attached hydrogens (tertiary/aromatic N) is 3. The number of aromatic amines is 1. The standard InChI is InChI=1S/C18H24N4O2/c1-5-15-11(2)9-13(17(23)19-15)18(24)22-8-6-7-16(22)14-10-21(4)20-12(14)3/h9-10,16H,5-8H2,1-4H3,(H,19,23). The molecule has 3 rings (SSSR count). The molecule has 128 valence electrons. The quantitative estimate of drug-likeness (QED) is 0.939. The maximum absolute atomic E-state index is 13.0. The number of nitrogens with one attached hydrogen (secondary N) is 1. The molecule has 0 bridgehead atoms. The van der Waals surface area contributed by atoms with E-state index in [-0.39, 0.29) is 23.1 Å². The molecule has 0 aromatic carbocycles. The van der Waals surface area contributed by atoms with Crippen molar-refractivity contribution in [2.45, 2.75) is 46.1 Å². The van der Waals surface area contributed by atoms with Crippen LogP contribution in [-0.2, 0) is 13.5 Å². The van der Waals surface area contributed by atoms with E-state index in [2.05, 4.69) is 10.1 Å². The Morgan fingerprint density at radius 2 is 2.17 bits per heavy atom. The van der Waals surface area contributed by atoms with Crippen LogP contribution in [0.25, 0.3) is 0 Å². The average Bonchev–Trinajstić information content (AvgIpc) is 3.14. The summed E-state index contributed by atoms with van der Waals surface area (Å²) in [6.45, 7) is 6.55. The van der Waals surface area contributed by atoms with E-state index in [0.717, 1.165) is 41.8 Å². The fourth-order valence-electron chi connectivity index (χ4n) is 3.63. The Hall–Kier alpha value is -2.37. The third kappa shape index (κ3) is 2.77. The van der Waals surface area contributed by atoms with Gasteiger partial charge in [-0.3, -0.25) is 14.3 Å². The molecule has 1 aliphatic heterocycles. The average molecular weight is 328 g/mol. The van der Waals surface area contributed by atoms with Crippen LogP contribution in [0, 0.1) is 13.8 Å². The van der Waals surface area contributed by atoms with Gasteiger partial charge in [-0.05, 0) is 44.7 Å². The number of H-pyrrole nitrogens is 1. The zero-order valence-corrected chi connectivity index (χ0v) is 14.7. The molecule has 1 atom stereocenters. The summed E-state index contributed by atoms with van der Waals surface area (Å²) in [6, 6.07) is 1.72. The van der Waals surface area contributed by atoms with Crippen molar-refractivity contribution in [3.05, 3.63) is 50.7 Å². The van der Waals surface area contributed by atoms with Gasteiger partial charge in [-0.1, -0.05) is 6.92 Å². The molecular weight excluding hydrogens is 304 g/mol. The second kappa shape index (κ2) is 6.26. The van der Waals surface area contributed by atoms with Gasteiger partial charge in [0.15, 0.2) is 0 Å². The van der Waals surface area contributed by atoms with Gasteiger partial charge in [0.25, 0.3) is 11.5 Å². The van der Waals surface area contributed by atoms with Gasteiger partial charge in [0.2, 0.25) is 0 Å². The van der Waals surface area contributed by atoms with Gasteiger partial charge >= 0.3 is 0 Å². The monoisotopic (exact) mass is 328 g/mol. The number of hydrogen-bond acceptors (Lipinski definition) is 3. The van der Waals surface area contributed by atoms with E-state index in [1.54, 1.807) is 10.7 Å². The zero-order chi connectivity index (χ0) is 17.4. The first-order valence-corrected chi connectivity index (χ1v) is 8.46. The Bertz CT molecular complexity index is 834. The van der Waals surface area contributed by atoms with Gasteiger partial charge in [-0.15, -0.1) is 0 Å². The molecule has 2 aromatic heterocycles. The topological polar surface area (TPSA) is 71.0 Å². The minimum Gasteiger partial charge on any atom is -0.331 e. The summed E-state index contributed by atoms with van der Waals surface area (Å²) in [5, 5.41) is 4.39. The molecular formula is C18H24N4O2. The van der Waals surface area contributed by atoms with E-state index in [1.807, 2.05) is 38.9 Å². The highest BCUT2D eigenvalue weighted by molar-refractivity contribution is 5.94. The van der Waals surface area contributed by atoms with Gasteiger partial charge in [0, 0.05) is 31.0 Å². The molecule has 1 amide bonds. The van der Waals surface area contributed by atoms with Crippen molar-refractivity contribution in [1.29, 1.82) is 0 Å². The first-order chi connectivity index (χ1) is 11.4. The van der Waals surface area contributed by atoms with Crippen LogP contribution in [0.15, 0.2) is 17.1 Å². The molecule has 1 N–H and O–H groups in total. The van der Waals surface area contributed by atoms with Crippen LogP contribution >= 0.6 is 0 Å². The summed E-state index contributed by atoms with van der Waals surface area (Å²) in [5.41, 5.74) is 3.79. The van der Waals surface area contributed by atoms with Crippen LogP contribution in [-0.4, -0.2) is 32.1 Å². The highest BCUT2D eigenvalue weighted by atomic mass is 16.2. The summed E-state index contributed by atoms with van der Waals surface area (Å²) < 4.78 is 1.78. The third-order valence-electron chi connectivity index (χ3n) is 4.85. The van der Waals surface area contributed by atoms with Crippen molar-refractivity contribution < 1.29 is 4.79 Å². The Balaban J connectivity index is 1.96. The number of likely N-dealkylation sites (tertiary alicyclic amines) is 1. The number of amides is 1. The lowest BCUT2D eigenvalue weighted by molar-refractivity contribution is 0.0733. The van der Waals surface area contributed by atoms with Crippen molar-refractivity contribution in [3.63, 3.8) is 0 Å². The van der Waals surface area contributed by atoms with E-state index >= 15 is 0 Å². The predicted molar refractivity (Wildman–Crippen MR) is 92.1 cm³/mol. The minimum atomic E-state index is -0.295. The van der Waals surface area contributed by atoms with E-state index in [0.29, 0.717) is 6.54 Å². The molecule has 0 radical (unpaired) electrons. The van der Waals surface area contributed by atoms with E-state index in [9.17, 15) is 9.59 Å². The van der Waals surface area contributed by atoms with Crippen LogP contribution in [0.4, 0.5) is 0 Å². The number of pyridine rings is 1. The summed E-state index contributed by atoms with van der Waals surface area (Å²) in [7, 11) is 1.88. The highest BCUT2D eigenvalue weighted by Crippen LogP contribution is 2.34. The molecule has 6 heteroatoms. The van der Waals surface area contributed by atoms with E-state index in [1.165, 1.54) is 0 Å². The molecule has 1 saturated heterocycles. The first-order valence-electron chi connectivity index (χ1n) is 8.46. The van der Waals surface area contributed by atoms with Crippen LogP contribution in [0.5, 0.6) is 0 Å². The number of aromatic nitrogens is 3. The molecule has 0 aliphatic carbocycles. The Kier molecular flexibility index (Phi) is 4.30. The molecule has 1 aliphatic rings. The summed E-state index contributed by atoms with van der Waals surface area (Å²) in [4.78, 5) is 30.0. The summed E-state index contributed by atoms with van der Waals surface area (Å²) in [6.07, 6.45) is 4.56. The van der Waals surface area contributed by atoms with Crippen LogP contribution in [0.3, 0.4) is 0 Å². The first kappa shape index (κ1) is 16.5. The smallest absolute Gasteiger partial charge is 0.261 e. The molecule has 1 unspecified atom stereocenters. The predicted octanol–water partition coefficient (Wildman–Crippen LogP) is 2.26. The molecule has 6 nitrogen and oxygen atoms in total. The van der Waals surface area contributed by atoms with Gasteiger partial charge < -0.3 is 9.88 Å². The fraction of sp³-hybridized carbons (Fsp3) is 0.500. The van der Waals surface area contributed by atoms with Crippen molar-refractivity contribution in [3.8, 4) is 0 Å². The maximum Gasteiger partial charge on any atom is 0.261 e. The van der Waals surface area contributed by atoms with Gasteiger partial charge in [-0.2, -0.15) is 5.10 Å². The fourth-order valence-corrected chi connectivity index (χ4v) is 3.63. The van der Waals surface area contributed by atoms with Crippen molar-refractivity contribution in [2.24, 2.45) is 7.05 Å². The molecule has 1 fully saturated rings. The molecule has 3 heterocycles. The lowest BCUT2D eigenvalue weighted by Gasteiger charge is -2.24. The highest BCUT2D eigenvalue weighted by Gasteiger charge is 2.33. The third-order valence-corrected chi connectivity index (χ3v) is 4.85. The van der Waals surface area contributed by atoms with Crippen molar-refractivity contribution in [2.75, 3.05) is 6.54 Å². The van der Waals surface area contributed by atoms with Gasteiger partial charge in [0.1, 0.15) is 5.56 Å². The lowest BCUT2D eigenvalue weighted by atomic mass is 10.0. The molecule has 0 saturated carbocycles. The molecule has 0 spiro atoms. The van der Waals surface area contributed by atoms with Crippen molar-refractivity contribution in [1.82, 2.24) is 19.7 Å². The zero-order valence-electron chi connectivity index (χ0n) is 14.7. The largest absolute Gasteiger partial charge is 0.331 e. The second-order valence-corrected chi connectivity index (χ2v) is 6.53. The molecule has 2 aromatic rings. The maximum atomic E-state index is 13.0. The van der Waals surface area contributed by atoms with Crippen molar-refractivity contribution >= 4 is 5.91 Å². The van der Waals surface area contributed by atoms with Crippen LogP contribution < -0.4 is 5.56 Å². The number of carbonyl (C=O) groups is 1. The normalized spacial score (nSPS) is 17.5.